The molecule has 0 amide bonds. The summed E-state index contributed by atoms with van der Waals surface area (Å²) >= 11 is 6.60. The van der Waals surface area contributed by atoms with Crippen LogP contribution >= 0.6 is 19.2 Å². The maximum Gasteiger partial charge on any atom is 0.361 e. The Morgan fingerprint density at radius 3 is 2.38 bits per heavy atom. The summed E-state index contributed by atoms with van der Waals surface area (Å²) in [4.78, 5) is 7.98. The van der Waals surface area contributed by atoms with Crippen LogP contribution in [0.3, 0.4) is 0 Å². The van der Waals surface area contributed by atoms with Gasteiger partial charge in [-0.3, -0.25) is 4.57 Å². The van der Waals surface area contributed by atoms with E-state index in [1.165, 1.54) is 0 Å². The van der Waals surface area contributed by atoms with Crippen molar-refractivity contribution in [2.24, 2.45) is 0 Å². The van der Waals surface area contributed by atoms with Crippen molar-refractivity contribution in [3.63, 3.8) is 0 Å². The number of hydrogen-bond acceptors (Lipinski definition) is 6. The molecule has 2 heterocycles. The van der Waals surface area contributed by atoms with Gasteiger partial charge in [-0.25, -0.2) is 4.98 Å². The van der Waals surface area contributed by atoms with Gasteiger partial charge in [-0.1, -0.05) is 41.9 Å². The van der Waals surface area contributed by atoms with Crippen LogP contribution in [-0.4, -0.2) is 34.9 Å². The number of fused-ring (bicyclic) bond motifs is 1. The second-order valence-electron chi connectivity index (χ2n) is 9.28. The summed E-state index contributed by atoms with van der Waals surface area (Å²) in [6, 6.07) is 17.1. The van der Waals surface area contributed by atoms with Gasteiger partial charge in [0.1, 0.15) is 5.75 Å². The Kier molecular flexibility index (Phi) is 7.18. The first-order chi connectivity index (χ1) is 17.8. The van der Waals surface area contributed by atoms with Crippen LogP contribution < -0.4 is 10.0 Å². The average molecular weight is 541 g/mol. The van der Waals surface area contributed by atoms with E-state index < -0.39 is 7.60 Å². The third-order valence-corrected chi connectivity index (χ3v) is 9.32. The fourth-order valence-electron chi connectivity index (χ4n) is 4.53. The molecule has 1 saturated carbocycles. The zero-order chi connectivity index (χ0) is 26.2. The summed E-state index contributed by atoms with van der Waals surface area (Å²) in [6.07, 6.45) is 2.02. The first-order valence-electron chi connectivity index (χ1n) is 12.4. The standard InChI is InChI=1S/C28H30ClN2O5P/c1-4-34-37(33,35-5-2)25-14-21(11-6-18(25)3)36-26-16-24-23(30-26)15-22(29)27(31-24)19-7-9-20(10-8-19)28(17-32)12-13-28/h6-11,14-16,30,32H,4-5,12-13,17H2,1-3H3. The number of rotatable bonds is 10. The third-order valence-electron chi connectivity index (χ3n) is 6.76. The molecular formula is C28H30ClN2O5P. The molecule has 37 heavy (non-hydrogen) atoms. The van der Waals surface area contributed by atoms with E-state index >= 15 is 0 Å². The molecule has 0 spiro atoms. The molecule has 1 aliphatic carbocycles. The molecule has 194 valence electrons. The van der Waals surface area contributed by atoms with Crippen LogP contribution in [0.25, 0.3) is 22.3 Å². The monoisotopic (exact) mass is 540 g/mol. The van der Waals surface area contributed by atoms with E-state index in [2.05, 4.69) is 4.98 Å². The molecule has 7 nitrogen and oxygen atoms in total. The maximum atomic E-state index is 13.3. The molecule has 0 saturated heterocycles. The lowest BCUT2D eigenvalue weighted by Gasteiger charge is -2.19. The SMILES string of the molecule is CCOP(=O)(OCC)c1cc(Oc2cc3nc(-c4ccc(C5(CO)CC5)cc4)c(Cl)cc3[nH]2)ccc1C. The predicted octanol–water partition coefficient (Wildman–Crippen LogP) is 6.90. The number of nitrogens with one attached hydrogen (secondary N) is 1. The Balaban J connectivity index is 1.42. The van der Waals surface area contributed by atoms with Crippen molar-refractivity contribution in [1.29, 1.82) is 0 Å². The van der Waals surface area contributed by atoms with Crippen LogP contribution in [0.1, 0.15) is 37.8 Å². The molecule has 4 aromatic rings. The highest BCUT2D eigenvalue weighted by Crippen LogP contribution is 2.49. The van der Waals surface area contributed by atoms with Gasteiger partial charge in [-0.2, -0.15) is 0 Å². The minimum atomic E-state index is -3.46. The number of aliphatic hydroxyl groups excluding tert-OH is 1. The molecule has 0 aliphatic heterocycles. The lowest BCUT2D eigenvalue weighted by atomic mass is 9.95. The Bertz CT molecular complexity index is 1470. The van der Waals surface area contributed by atoms with Gasteiger partial charge in [0.15, 0.2) is 5.88 Å². The van der Waals surface area contributed by atoms with Crippen molar-refractivity contribution >= 4 is 35.5 Å². The van der Waals surface area contributed by atoms with Crippen LogP contribution in [0.4, 0.5) is 0 Å². The number of aliphatic hydroxyl groups is 1. The minimum absolute atomic E-state index is 0.0818. The van der Waals surface area contributed by atoms with E-state index in [0.29, 0.717) is 33.2 Å². The third kappa shape index (κ3) is 5.07. The van der Waals surface area contributed by atoms with Crippen LogP contribution in [0.5, 0.6) is 11.6 Å². The molecule has 0 radical (unpaired) electrons. The van der Waals surface area contributed by atoms with Crippen molar-refractivity contribution < 1.29 is 23.5 Å². The Morgan fingerprint density at radius 2 is 1.76 bits per heavy atom. The highest BCUT2D eigenvalue weighted by atomic mass is 35.5. The van der Waals surface area contributed by atoms with E-state index in [1.807, 2.05) is 43.3 Å². The number of benzene rings is 2. The number of halogens is 1. The first-order valence-corrected chi connectivity index (χ1v) is 14.3. The maximum absolute atomic E-state index is 13.3. The molecule has 2 aromatic carbocycles. The van der Waals surface area contributed by atoms with Crippen LogP contribution in [0.15, 0.2) is 54.6 Å². The fraction of sp³-hybridized carbons (Fsp3) is 0.321. The number of aromatic nitrogens is 2. The smallest absolute Gasteiger partial charge is 0.361 e. The summed E-state index contributed by atoms with van der Waals surface area (Å²) in [5.74, 6) is 0.966. The molecule has 0 unspecified atom stereocenters. The van der Waals surface area contributed by atoms with E-state index in [-0.39, 0.29) is 25.2 Å². The van der Waals surface area contributed by atoms with Gasteiger partial charge >= 0.3 is 7.60 Å². The molecule has 1 aliphatic rings. The Hall–Kier alpha value is -2.67. The Labute approximate surface area is 221 Å². The normalized spacial score (nSPS) is 14.7. The number of H-pyrrole nitrogens is 1. The van der Waals surface area contributed by atoms with Gasteiger partial charge in [0.2, 0.25) is 0 Å². The van der Waals surface area contributed by atoms with Gasteiger partial charge in [0, 0.05) is 17.0 Å². The van der Waals surface area contributed by atoms with E-state index in [4.69, 9.17) is 30.4 Å². The summed E-state index contributed by atoms with van der Waals surface area (Å²) in [5, 5.41) is 10.7. The largest absolute Gasteiger partial charge is 0.441 e. The second kappa shape index (κ2) is 10.2. The van der Waals surface area contributed by atoms with Crippen LogP contribution in [0, 0.1) is 6.92 Å². The average Bonchev–Trinajstić information content (AvgIpc) is 3.59. The summed E-state index contributed by atoms with van der Waals surface area (Å²) in [6.45, 7) is 6.13. The van der Waals surface area contributed by atoms with Crippen molar-refractivity contribution in [3.8, 4) is 22.9 Å². The summed E-state index contributed by atoms with van der Waals surface area (Å²) in [7, 11) is -3.46. The van der Waals surface area contributed by atoms with Crippen LogP contribution in [0.2, 0.25) is 5.02 Å². The quantitative estimate of drug-likeness (QED) is 0.212. The molecule has 9 heteroatoms. The minimum Gasteiger partial charge on any atom is -0.441 e. The van der Waals surface area contributed by atoms with Gasteiger partial charge < -0.3 is 23.9 Å². The van der Waals surface area contributed by atoms with Crippen molar-refractivity contribution in [2.45, 2.75) is 39.0 Å². The molecule has 0 atom stereocenters. The molecule has 2 aromatic heterocycles. The predicted molar refractivity (Wildman–Crippen MR) is 146 cm³/mol. The summed E-state index contributed by atoms with van der Waals surface area (Å²) in [5.41, 5.74) is 4.87. The molecule has 5 rings (SSSR count). The topological polar surface area (TPSA) is 93.7 Å². The number of aryl methyl sites for hydroxylation is 1. The lowest BCUT2D eigenvalue weighted by molar-refractivity contribution is 0.229. The van der Waals surface area contributed by atoms with Crippen molar-refractivity contribution in [1.82, 2.24) is 9.97 Å². The zero-order valence-electron chi connectivity index (χ0n) is 21.1. The number of aromatic amines is 1. The second-order valence-corrected chi connectivity index (χ2v) is 11.7. The number of pyridine rings is 1. The molecule has 1 fully saturated rings. The Morgan fingerprint density at radius 1 is 1.05 bits per heavy atom. The number of ether oxygens (including phenoxy) is 1. The van der Waals surface area contributed by atoms with E-state index in [9.17, 15) is 9.67 Å². The highest BCUT2D eigenvalue weighted by molar-refractivity contribution is 7.62. The van der Waals surface area contributed by atoms with Gasteiger partial charge in [0.25, 0.3) is 0 Å². The highest BCUT2D eigenvalue weighted by Gasteiger charge is 2.43. The van der Waals surface area contributed by atoms with Crippen molar-refractivity contribution in [3.05, 3.63) is 70.7 Å². The lowest BCUT2D eigenvalue weighted by Crippen LogP contribution is -2.14. The van der Waals surface area contributed by atoms with E-state index in [0.717, 1.165) is 35.0 Å². The van der Waals surface area contributed by atoms with Gasteiger partial charge in [-0.05, 0) is 62.9 Å². The number of nitrogens with zero attached hydrogens (tertiary/aromatic N) is 1. The summed E-state index contributed by atoms with van der Waals surface area (Å²) < 4.78 is 30.5. The van der Waals surface area contributed by atoms with E-state index in [1.54, 1.807) is 32.0 Å². The molecule has 0 bridgehead atoms. The first kappa shape index (κ1) is 26.0. The molecular weight excluding hydrogens is 511 g/mol. The van der Waals surface area contributed by atoms with Gasteiger partial charge in [-0.15, -0.1) is 0 Å². The van der Waals surface area contributed by atoms with Crippen molar-refractivity contribution in [2.75, 3.05) is 19.8 Å². The zero-order valence-corrected chi connectivity index (χ0v) is 22.7. The fourth-order valence-corrected chi connectivity index (χ4v) is 6.61. The van der Waals surface area contributed by atoms with Crippen LogP contribution in [-0.2, 0) is 19.0 Å². The molecule has 2 N–H and O–H groups in total. The number of hydrogen-bond donors (Lipinski definition) is 2. The van der Waals surface area contributed by atoms with Gasteiger partial charge in [0.05, 0.1) is 46.9 Å².